The Morgan fingerprint density at radius 2 is 1.97 bits per heavy atom. The number of nitrogens with zero attached hydrogens (tertiary/aromatic N) is 5. The SMILES string of the molecule is Cc1c(Cl)cccc1NC(=O)N(CCn1nc(-c2ccnc(NC(=O)O)c2)nc1C)C1CCCC1. The van der Waals surface area contributed by atoms with Gasteiger partial charge in [0.25, 0.3) is 0 Å². The number of halogens is 1. The molecule has 0 radical (unpaired) electrons. The molecule has 35 heavy (non-hydrogen) atoms. The Kier molecular flexibility index (Phi) is 7.50. The number of carbonyl (C=O) groups excluding carboxylic acids is 1. The second kappa shape index (κ2) is 10.7. The van der Waals surface area contributed by atoms with Crippen LogP contribution in [0.2, 0.25) is 5.02 Å². The fourth-order valence-corrected chi connectivity index (χ4v) is 4.47. The summed E-state index contributed by atoms with van der Waals surface area (Å²) in [5.41, 5.74) is 2.18. The lowest BCUT2D eigenvalue weighted by Gasteiger charge is -2.29. The van der Waals surface area contributed by atoms with E-state index in [-0.39, 0.29) is 17.9 Å². The maximum Gasteiger partial charge on any atom is 0.410 e. The first-order chi connectivity index (χ1) is 16.8. The average Bonchev–Trinajstić information content (AvgIpc) is 3.47. The average molecular weight is 498 g/mol. The highest BCUT2D eigenvalue weighted by atomic mass is 35.5. The molecule has 0 spiro atoms. The summed E-state index contributed by atoms with van der Waals surface area (Å²) in [6, 6.07) is 8.79. The topological polar surface area (TPSA) is 125 Å². The molecule has 3 amide bonds. The Morgan fingerprint density at radius 3 is 2.71 bits per heavy atom. The number of aryl methyl sites for hydroxylation is 1. The third kappa shape index (κ3) is 5.89. The summed E-state index contributed by atoms with van der Waals surface area (Å²) >= 11 is 6.23. The number of hydrogen-bond donors (Lipinski definition) is 3. The minimum atomic E-state index is -1.19. The number of pyridine rings is 1. The Hall–Kier alpha value is -3.66. The van der Waals surface area contributed by atoms with Gasteiger partial charge in [-0.3, -0.25) is 5.32 Å². The quantitative estimate of drug-likeness (QED) is 0.413. The molecule has 0 saturated heterocycles. The van der Waals surface area contributed by atoms with Crippen molar-refractivity contribution in [1.29, 1.82) is 0 Å². The van der Waals surface area contributed by atoms with Crippen molar-refractivity contribution in [2.45, 2.75) is 52.1 Å². The van der Waals surface area contributed by atoms with Gasteiger partial charge < -0.3 is 15.3 Å². The molecular formula is C24H28ClN7O3. The van der Waals surface area contributed by atoms with E-state index in [1.165, 1.54) is 6.20 Å². The van der Waals surface area contributed by atoms with Gasteiger partial charge >= 0.3 is 12.1 Å². The van der Waals surface area contributed by atoms with Crippen molar-refractivity contribution in [2.24, 2.45) is 0 Å². The molecule has 0 atom stereocenters. The number of amides is 3. The fourth-order valence-electron chi connectivity index (χ4n) is 4.30. The second-order valence-electron chi connectivity index (χ2n) is 8.54. The van der Waals surface area contributed by atoms with Crippen molar-refractivity contribution in [3.05, 3.63) is 52.9 Å². The molecule has 10 nitrogen and oxygen atoms in total. The van der Waals surface area contributed by atoms with Gasteiger partial charge in [0, 0.05) is 35.1 Å². The Labute approximate surface area is 208 Å². The number of rotatable bonds is 7. The van der Waals surface area contributed by atoms with Crippen molar-refractivity contribution < 1.29 is 14.7 Å². The highest BCUT2D eigenvalue weighted by molar-refractivity contribution is 6.31. The third-order valence-corrected chi connectivity index (χ3v) is 6.61. The molecule has 1 aliphatic carbocycles. The van der Waals surface area contributed by atoms with Crippen LogP contribution in [-0.4, -0.2) is 54.5 Å². The van der Waals surface area contributed by atoms with E-state index in [2.05, 4.69) is 25.7 Å². The Bertz CT molecular complexity index is 1220. The second-order valence-corrected chi connectivity index (χ2v) is 8.95. The summed E-state index contributed by atoms with van der Waals surface area (Å²) in [6.45, 7) is 4.68. The number of anilines is 2. The molecule has 184 valence electrons. The van der Waals surface area contributed by atoms with Gasteiger partial charge in [0.05, 0.1) is 6.54 Å². The number of hydrogen-bond acceptors (Lipinski definition) is 5. The first-order valence-electron chi connectivity index (χ1n) is 11.5. The highest BCUT2D eigenvalue weighted by Gasteiger charge is 2.27. The third-order valence-electron chi connectivity index (χ3n) is 6.20. The van der Waals surface area contributed by atoms with E-state index in [9.17, 15) is 9.59 Å². The molecule has 0 aliphatic heterocycles. The predicted octanol–water partition coefficient (Wildman–Crippen LogP) is 5.18. The van der Waals surface area contributed by atoms with Crippen LogP contribution in [-0.2, 0) is 6.54 Å². The molecule has 1 aliphatic rings. The van der Waals surface area contributed by atoms with Crippen molar-refractivity contribution in [2.75, 3.05) is 17.2 Å². The number of aromatic nitrogens is 4. The number of nitrogens with one attached hydrogen (secondary N) is 2. The standard InChI is InChI=1S/C24H28ClN7O3/c1-15-19(25)8-5-9-20(15)28-23(33)31(18-6-3-4-7-18)12-13-32-16(2)27-22(30-32)17-10-11-26-21(14-17)29-24(34)35/h5,8-11,14,18H,3-4,6-7,12-13H2,1-2H3,(H,26,29)(H,28,33)(H,34,35). The molecule has 3 N–H and O–H groups in total. The van der Waals surface area contributed by atoms with Gasteiger partial charge in [-0.15, -0.1) is 0 Å². The Balaban J connectivity index is 1.49. The molecule has 1 aromatic carbocycles. The van der Waals surface area contributed by atoms with E-state index in [1.54, 1.807) is 22.9 Å². The van der Waals surface area contributed by atoms with Crippen LogP contribution in [0, 0.1) is 13.8 Å². The predicted molar refractivity (Wildman–Crippen MR) is 134 cm³/mol. The molecule has 2 aromatic heterocycles. The zero-order valence-electron chi connectivity index (χ0n) is 19.7. The summed E-state index contributed by atoms with van der Waals surface area (Å²) in [5, 5.41) is 19.4. The highest BCUT2D eigenvalue weighted by Crippen LogP contribution is 2.27. The van der Waals surface area contributed by atoms with Gasteiger partial charge in [0.15, 0.2) is 5.82 Å². The van der Waals surface area contributed by atoms with Gasteiger partial charge in [0.2, 0.25) is 0 Å². The van der Waals surface area contributed by atoms with E-state index < -0.39 is 6.09 Å². The van der Waals surface area contributed by atoms with Crippen molar-refractivity contribution in [3.63, 3.8) is 0 Å². The summed E-state index contributed by atoms with van der Waals surface area (Å²) in [6.07, 6.45) is 4.46. The minimum absolute atomic E-state index is 0.154. The van der Waals surface area contributed by atoms with Gasteiger partial charge in [-0.05, 0) is 56.5 Å². The smallest absolute Gasteiger partial charge is 0.410 e. The van der Waals surface area contributed by atoms with E-state index in [0.29, 0.717) is 41.0 Å². The molecule has 11 heteroatoms. The molecule has 3 aromatic rings. The van der Waals surface area contributed by atoms with E-state index >= 15 is 0 Å². The van der Waals surface area contributed by atoms with E-state index in [0.717, 1.165) is 31.2 Å². The summed E-state index contributed by atoms with van der Waals surface area (Å²) < 4.78 is 1.76. The summed E-state index contributed by atoms with van der Waals surface area (Å²) in [4.78, 5) is 34.6. The summed E-state index contributed by atoms with van der Waals surface area (Å²) in [5.74, 6) is 1.36. The lowest BCUT2D eigenvalue weighted by atomic mass is 10.2. The lowest BCUT2D eigenvalue weighted by Crippen LogP contribution is -2.43. The van der Waals surface area contributed by atoms with Crippen LogP contribution in [0.4, 0.5) is 21.1 Å². The minimum Gasteiger partial charge on any atom is -0.465 e. The monoisotopic (exact) mass is 497 g/mol. The normalized spacial score (nSPS) is 13.6. The summed E-state index contributed by atoms with van der Waals surface area (Å²) in [7, 11) is 0. The maximum atomic E-state index is 13.3. The number of carbonyl (C=O) groups is 2. The zero-order chi connectivity index (χ0) is 24.9. The van der Waals surface area contributed by atoms with Crippen LogP contribution in [0.5, 0.6) is 0 Å². The van der Waals surface area contributed by atoms with Gasteiger partial charge in [-0.1, -0.05) is 30.5 Å². The zero-order valence-corrected chi connectivity index (χ0v) is 20.4. The maximum absolute atomic E-state index is 13.3. The fraction of sp³-hybridized carbons (Fsp3) is 0.375. The number of urea groups is 1. The molecule has 0 bridgehead atoms. The van der Waals surface area contributed by atoms with Crippen molar-refractivity contribution >= 4 is 35.2 Å². The first kappa shape index (κ1) is 24.5. The van der Waals surface area contributed by atoms with Gasteiger partial charge in [-0.25, -0.2) is 24.2 Å². The van der Waals surface area contributed by atoms with Crippen LogP contribution >= 0.6 is 11.6 Å². The molecule has 2 heterocycles. The molecule has 1 saturated carbocycles. The van der Waals surface area contributed by atoms with Gasteiger partial charge in [0.1, 0.15) is 11.6 Å². The van der Waals surface area contributed by atoms with Crippen LogP contribution < -0.4 is 10.6 Å². The molecular weight excluding hydrogens is 470 g/mol. The van der Waals surface area contributed by atoms with Crippen LogP contribution in [0.15, 0.2) is 36.5 Å². The van der Waals surface area contributed by atoms with E-state index in [4.69, 9.17) is 16.7 Å². The van der Waals surface area contributed by atoms with Crippen molar-refractivity contribution in [3.8, 4) is 11.4 Å². The first-order valence-corrected chi connectivity index (χ1v) is 11.9. The number of benzene rings is 1. The lowest BCUT2D eigenvalue weighted by molar-refractivity contribution is 0.184. The largest absolute Gasteiger partial charge is 0.465 e. The van der Waals surface area contributed by atoms with Crippen LogP contribution in [0.25, 0.3) is 11.4 Å². The molecule has 0 unspecified atom stereocenters. The van der Waals surface area contributed by atoms with Crippen molar-refractivity contribution in [1.82, 2.24) is 24.6 Å². The molecule has 4 rings (SSSR count). The van der Waals surface area contributed by atoms with E-state index in [1.807, 2.05) is 30.9 Å². The van der Waals surface area contributed by atoms with Crippen LogP contribution in [0.3, 0.4) is 0 Å². The van der Waals surface area contributed by atoms with Gasteiger partial charge in [-0.2, -0.15) is 5.10 Å². The Morgan fingerprint density at radius 1 is 1.20 bits per heavy atom. The molecule has 1 fully saturated rings. The van der Waals surface area contributed by atoms with Crippen LogP contribution in [0.1, 0.15) is 37.1 Å². The number of carboxylic acid groups (broad SMARTS) is 1.